The average Bonchev–Trinajstić information content (AvgIpc) is 2.90. The van der Waals surface area contributed by atoms with Crippen molar-refractivity contribution in [2.75, 3.05) is 0 Å². The standard InChI is InChI=1S/C16H8F2N2S/c17-12-6-5-10(13(18)8-12)7-11(9-19)16-20-14-3-1-2-4-15(14)21-16/h1-8H/b11-7+. The van der Waals surface area contributed by atoms with Gasteiger partial charge in [-0.1, -0.05) is 12.1 Å². The number of nitriles is 1. The summed E-state index contributed by atoms with van der Waals surface area (Å²) in [5.74, 6) is -1.35. The monoisotopic (exact) mass is 298 g/mol. The van der Waals surface area contributed by atoms with E-state index < -0.39 is 11.6 Å². The number of hydrogen-bond donors (Lipinski definition) is 0. The molecular formula is C16H8F2N2S. The van der Waals surface area contributed by atoms with Gasteiger partial charge in [0, 0.05) is 11.6 Å². The SMILES string of the molecule is N#C/C(=C\c1ccc(F)cc1F)c1nc2ccccc2s1. The lowest BCUT2D eigenvalue weighted by Crippen LogP contribution is -1.86. The number of allylic oxidation sites excluding steroid dienone is 1. The topological polar surface area (TPSA) is 36.7 Å². The molecule has 0 unspecified atom stereocenters. The number of halogens is 2. The fourth-order valence-corrected chi connectivity index (χ4v) is 2.83. The average molecular weight is 298 g/mol. The van der Waals surface area contributed by atoms with E-state index in [9.17, 15) is 14.0 Å². The molecule has 2 nitrogen and oxygen atoms in total. The quantitative estimate of drug-likeness (QED) is 0.646. The molecule has 0 atom stereocenters. The maximum atomic E-state index is 13.7. The van der Waals surface area contributed by atoms with E-state index in [1.165, 1.54) is 23.5 Å². The Morgan fingerprint density at radius 2 is 2.00 bits per heavy atom. The lowest BCUT2D eigenvalue weighted by atomic mass is 10.1. The fraction of sp³-hybridized carbons (Fsp3) is 0. The van der Waals surface area contributed by atoms with Crippen LogP contribution < -0.4 is 0 Å². The van der Waals surface area contributed by atoms with Crippen molar-refractivity contribution in [2.24, 2.45) is 0 Å². The van der Waals surface area contributed by atoms with Gasteiger partial charge in [0.2, 0.25) is 0 Å². The summed E-state index contributed by atoms with van der Waals surface area (Å²) in [5.41, 5.74) is 1.20. The summed E-state index contributed by atoms with van der Waals surface area (Å²) >= 11 is 1.36. The second kappa shape index (κ2) is 5.43. The van der Waals surface area contributed by atoms with Gasteiger partial charge in [0.25, 0.3) is 0 Å². The third kappa shape index (κ3) is 2.67. The Morgan fingerprint density at radius 3 is 2.71 bits per heavy atom. The van der Waals surface area contributed by atoms with E-state index in [0.717, 1.165) is 22.3 Å². The number of rotatable bonds is 2. The summed E-state index contributed by atoms with van der Waals surface area (Å²) in [7, 11) is 0. The van der Waals surface area contributed by atoms with Crippen molar-refractivity contribution in [3.05, 3.63) is 64.7 Å². The fourth-order valence-electron chi connectivity index (χ4n) is 1.90. The van der Waals surface area contributed by atoms with Crippen LogP contribution in [0.2, 0.25) is 0 Å². The van der Waals surface area contributed by atoms with Gasteiger partial charge in [-0.25, -0.2) is 13.8 Å². The molecule has 0 N–H and O–H groups in total. The molecule has 3 aromatic rings. The molecule has 1 heterocycles. The summed E-state index contributed by atoms with van der Waals surface area (Å²) in [4.78, 5) is 4.36. The number of aromatic nitrogens is 1. The molecule has 0 radical (unpaired) electrons. The Bertz CT molecular complexity index is 858. The van der Waals surface area contributed by atoms with Gasteiger partial charge in [-0.05, 0) is 30.3 Å². The molecule has 5 heteroatoms. The van der Waals surface area contributed by atoms with E-state index in [4.69, 9.17) is 0 Å². The molecule has 0 saturated carbocycles. The van der Waals surface area contributed by atoms with Crippen LogP contribution in [-0.2, 0) is 0 Å². The van der Waals surface area contributed by atoms with Crippen molar-refractivity contribution in [1.82, 2.24) is 4.98 Å². The molecule has 0 aliphatic heterocycles. The molecule has 0 aliphatic carbocycles. The first kappa shape index (κ1) is 13.4. The largest absolute Gasteiger partial charge is 0.235 e. The normalized spacial score (nSPS) is 11.6. The number of thiazole rings is 1. The molecule has 3 rings (SSSR count). The predicted octanol–water partition coefficient (Wildman–Crippen LogP) is 4.64. The zero-order chi connectivity index (χ0) is 14.8. The summed E-state index contributed by atoms with van der Waals surface area (Å²) in [6.07, 6.45) is 1.38. The Kier molecular flexibility index (Phi) is 3.46. The summed E-state index contributed by atoms with van der Waals surface area (Å²) in [6, 6.07) is 12.8. The van der Waals surface area contributed by atoms with E-state index in [0.29, 0.717) is 5.01 Å². The number of fused-ring (bicyclic) bond motifs is 1. The van der Waals surface area contributed by atoms with Crippen LogP contribution in [0.15, 0.2) is 42.5 Å². The highest BCUT2D eigenvalue weighted by Crippen LogP contribution is 2.28. The maximum Gasteiger partial charge on any atom is 0.135 e. The van der Waals surface area contributed by atoms with Gasteiger partial charge in [-0.3, -0.25) is 0 Å². The van der Waals surface area contributed by atoms with Gasteiger partial charge in [0.15, 0.2) is 0 Å². The van der Waals surface area contributed by atoms with Crippen LogP contribution in [0.5, 0.6) is 0 Å². The molecule has 0 saturated heterocycles. The Hall–Kier alpha value is -2.58. The van der Waals surface area contributed by atoms with Crippen molar-refractivity contribution in [3.8, 4) is 6.07 Å². The minimum atomic E-state index is -0.705. The van der Waals surface area contributed by atoms with Crippen molar-refractivity contribution < 1.29 is 8.78 Å². The van der Waals surface area contributed by atoms with Crippen LogP contribution in [-0.4, -0.2) is 4.98 Å². The predicted molar refractivity (Wildman–Crippen MR) is 79.5 cm³/mol. The van der Waals surface area contributed by atoms with Crippen molar-refractivity contribution >= 4 is 33.2 Å². The first-order valence-electron chi connectivity index (χ1n) is 6.10. The van der Waals surface area contributed by atoms with Crippen molar-refractivity contribution in [3.63, 3.8) is 0 Å². The van der Waals surface area contributed by atoms with Crippen LogP contribution in [0, 0.1) is 23.0 Å². The molecule has 21 heavy (non-hydrogen) atoms. The summed E-state index contributed by atoms with van der Waals surface area (Å²) in [6.45, 7) is 0. The zero-order valence-corrected chi connectivity index (χ0v) is 11.5. The third-order valence-corrected chi connectivity index (χ3v) is 3.98. The minimum Gasteiger partial charge on any atom is -0.235 e. The minimum absolute atomic E-state index is 0.159. The molecule has 0 fully saturated rings. The molecule has 102 valence electrons. The summed E-state index contributed by atoms with van der Waals surface area (Å²) < 4.78 is 27.5. The molecular weight excluding hydrogens is 290 g/mol. The van der Waals surface area contributed by atoms with Crippen LogP contribution in [0.4, 0.5) is 8.78 Å². The second-order valence-electron chi connectivity index (χ2n) is 4.32. The van der Waals surface area contributed by atoms with Crippen LogP contribution in [0.3, 0.4) is 0 Å². The first-order valence-corrected chi connectivity index (χ1v) is 6.92. The van der Waals surface area contributed by atoms with Crippen molar-refractivity contribution in [2.45, 2.75) is 0 Å². The Balaban J connectivity index is 2.09. The van der Waals surface area contributed by atoms with Gasteiger partial charge in [0.1, 0.15) is 22.7 Å². The van der Waals surface area contributed by atoms with Gasteiger partial charge in [0.05, 0.1) is 15.8 Å². The first-order chi connectivity index (χ1) is 10.2. The number of nitrogens with zero attached hydrogens (tertiary/aromatic N) is 2. The summed E-state index contributed by atoms with van der Waals surface area (Å²) in [5, 5.41) is 9.78. The Labute approximate surface area is 123 Å². The van der Waals surface area contributed by atoms with Gasteiger partial charge >= 0.3 is 0 Å². The van der Waals surface area contributed by atoms with E-state index in [-0.39, 0.29) is 11.1 Å². The van der Waals surface area contributed by atoms with Gasteiger partial charge in [-0.2, -0.15) is 5.26 Å². The third-order valence-electron chi connectivity index (χ3n) is 2.91. The number of benzene rings is 2. The van der Waals surface area contributed by atoms with Crippen LogP contribution >= 0.6 is 11.3 Å². The zero-order valence-electron chi connectivity index (χ0n) is 10.7. The molecule has 1 aromatic heterocycles. The molecule has 2 aromatic carbocycles. The molecule has 0 aliphatic rings. The van der Waals surface area contributed by atoms with E-state index in [1.54, 1.807) is 0 Å². The van der Waals surface area contributed by atoms with Gasteiger partial charge < -0.3 is 0 Å². The highest BCUT2D eigenvalue weighted by molar-refractivity contribution is 7.19. The maximum absolute atomic E-state index is 13.7. The van der Waals surface area contributed by atoms with Crippen molar-refractivity contribution in [1.29, 1.82) is 5.26 Å². The molecule has 0 bridgehead atoms. The molecule has 0 spiro atoms. The lowest BCUT2D eigenvalue weighted by Gasteiger charge is -1.98. The van der Waals surface area contributed by atoms with E-state index in [1.807, 2.05) is 30.3 Å². The van der Waals surface area contributed by atoms with Crippen LogP contribution in [0.25, 0.3) is 21.9 Å². The smallest absolute Gasteiger partial charge is 0.135 e. The highest BCUT2D eigenvalue weighted by atomic mass is 32.1. The number of hydrogen-bond acceptors (Lipinski definition) is 3. The Morgan fingerprint density at radius 1 is 1.19 bits per heavy atom. The van der Waals surface area contributed by atoms with Crippen LogP contribution in [0.1, 0.15) is 10.6 Å². The molecule has 0 amide bonds. The number of para-hydroxylation sites is 1. The highest BCUT2D eigenvalue weighted by Gasteiger charge is 2.10. The van der Waals surface area contributed by atoms with E-state index >= 15 is 0 Å². The van der Waals surface area contributed by atoms with Gasteiger partial charge in [-0.15, -0.1) is 11.3 Å². The van der Waals surface area contributed by atoms with E-state index in [2.05, 4.69) is 4.98 Å². The second-order valence-corrected chi connectivity index (χ2v) is 5.35. The lowest BCUT2D eigenvalue weighted by molar-refractivity contribution is 0.581.